The first-order chi connectivity index (χ1) is 6.61. The van der Waals surface area contributed by atoms with Gasteiger partial charge in [0.15, 0.2) is 0 Å². The van der Waals surface area contributed by atoms with Gasteiger partial charge in [0.25, 0.3) is 0 Å². The Kier molecular flexibility index (Phi) is 2.21. The molecule has 1 aromatic rings. The van der Waals surface area contributed by atoms with Gasteiger partial charge in [-0.1, -0.05) is 23.7 Å². The molecule has 3 atom stereocenters. The molecule has 0 bridgehead atoms. The molecule has 1 aliphatic rings. The molecule has 0 aromatic heterocycles. The lowest BCUT2D eigenvalue weighted by atomic mass is 10.1. The Labute approximate surface area is 87.4 Å². The average molecular weight is 211 g/mol. The zero-order chi connectivity index (χ0) is 10.3. The van der Waals surface area contributed by atoms with Gasteiger partial charge < -0.3 is 5.73 Å². The second-order valence-corrected chi connectivity index (χ2v) is 3.95. The largest absolute Gasteiger partial charge is 0.368 e. The van der Waals surface area contributed by atoms with Gasteiger partial charge in [-0.2, -0.15) is 0 Å². The molecule has 0 saturated carbocycles. The number of amides is 1. The summed E-state index contributed by atoms with van der Waals surface area (Å²) >= 11 is 5.77. The third kappa shape index (κ3) is 1.49. The summed E-state index contributed by atoms with van der Waals surface area (Å²) < 4.78 is 0. The summed E-state index contributed by atoms with van der Waals surface area (Å²) in [6, 6.07) is 7.46. The molecule has 74 valence electrons. The summed E-state index contributed by atoms with van der Waals surface area (Å²) in [4.78, 5) is 12.9. The van der Waals surface area contributed by atoms with Gasteiger partial charge in [-0.15, -0.1) is 0 Å². The number of rotatable bonds is 2. The van der Waals surface area contributed by atoms with Crippen LogP contribution >= 0.6 is 11.6 Å². The van der Waals surface area contributed by atoms with Crippen LogP contribution in [-0.4, -0.2) is 23.9 Å². The van der Waals surface area contributed by atoms with E-state index < -0.39 is 0 Å². The van der Waals surface area contributed by atoms with Crippen molar-refractivity contribution in [3.8, 4) is 0 Å². The van der Waals surface area contributed by atoms with Gasteiger partial charge in [0.2, 0.25) is 5.91 Å². The van der Waals surface area contributed by atoms with E-state index in [4.69, 9.17) is 17.3 Å². The first-order valence-corrected chi connectivity index (χ1v) is 4.76. The lowest BCUT2D eigenvalue weighted by Gasteiger charge is -1.97. The molecule has 1 unspecified atom stereocenters. The second kappa shape index (κ2) is 3.26. The maximum absolute atomic E-state index is 11.0. The van der Waals surface area contributed by atoms with E-state index >= 15 is 0 Å². The first kappa shape index (κ1) is 9.49. The van der Waals surface area contributed by atoms with Gasteiger partial charge in [-0.25, -0.2) is 0 Å². The van der Waals surface area contributed by atoms with Crippen molar-refractivity contribution in [1.82, 2.24) is 4.90 Å². The highest BCUT2D eigenvalue weighted by Crippen LogP contribution is 2.40. The van der Waals surface area contributed by atoms with Crippen LogP contribution in [0.4, 0.5) is 0 Å². The monoisotopic (exact) mass is 210 g/mol. The van der Waals surface area contributed by atoms with Crippen LogP contribution in [0.1, 0.15) is 11.6 Å². The maximum atomic E-state index is 11.0. The molecule has 1 saturated heterocycles. The van der Waals surface area contributed by atoms with Crippen LogP contribution in [-0.2, 0) is 4.79 Å². The van der Waals surface area contributed by atoms with Crippen LogP contribution < -0.4 is 5.73 Å². The third-order valence-electron chi connectivity index (χ3n) is 2.59. The smallest absolute Gasteiger partial charge is 0.236 e. The zero-order valence-corrected chi connectivity index (χ0v) is 8.53. The van der Waals surface area contributed by atoms with Crippen molar-refractivity contribution in [1.29, 1.82) is 0 Å². The number of nitrogens with two attached hydrogens (primary N) is 1. The van der Waals surface area contributed by atoms with Crippen LogP contribution in [0.15, 0.2) is 24.3 Å². The molecule has 1 amide bonds. The zero-order valence-electron chi connectivity index (χ0n) is 7.77. The topological polar surface area (TPSA) is 46.1 Å². The van der Waals surface area contributed by atoms with Crippen molar-refractivity contribution in [3.63, 3.8) is 0 Å². The molecular weight excluding hydrogens is 200 g/mol. The van der Waals surface area contributed by atoms with Crippen LogP contribution in [0.3, 0.4) is 0 Å². The Hall–Kier alpha value is -1.06. The number of carbonyl (C=O) groups excluding carboxylic acids is 1. The molecule has 1 aliphatic heterocycles. The minimum absolute atomic E-state index is 0.129. The Morgan fingerprint density at radius 2 is 2.00 bits per heavy atom. The number of nitrogens with zero attached hydrogens (tertiary/aromatic N) is 1. The van der Waals surface area contributed by atoms with E-state index in [1.807, 2.05) is 36.2 Å². The molecule has 1 aromatic carbocycles. The molecule has 2 rings (SSSR count). The first-order valence-electron chi connectivity index (χ1n) is 4.38. The fraction of sp³-hybridized carbons (Fsp3) is 0.300. The highest BCUT2D eigenvalue weighted by Gasteiger charge is 2.49. The van der Waals surface area contributed by atoms with Gasteiger partial charge in [0, 0.05) is 5.02 Å². The average Bonchev–Trinajstić information content (AvgIpc) is 2.79. The third-order valence-corrected chi connectivity index (χ3v) is 2.84. The minimum atomic E-state index is -0.271. The van der Waals surface area contributed by atoms with E-state index in [-0.39, 0.29) is 18.0 Å². The van der Waals surface area contributed by atoms with E-state index in [0.29, 0.717) is 5.02 Å². The Bertz CT molecular complexity index is 363. The molecule has 0 aliphatic carbocycles. The lowest BCUT2D eigenvalue weighted by molar-refractivity contribution is -0.118. The quantitative estimate of drug-likeness (QED) is 0.746. The molecule has 1 heterocycles. The van der Waals surface area contributed by atoms with Gasteiger partial charge in [-0.3, -0.25) is 9.69 Å². The van der Waals surface area contributed by atoms with Crippen molar-refractivity contribution in [3.05, 3.63) is 34.9 Å². The summed E-state index contributed by atoms with van der Waals surface area (Å²) in [5.74, 6) is -0.271. The number of hydrogen-bond donors (Lipinski definition) is 1. The van der Waals surface area contributed by atoms with E-state index in [0.717, 1.165) is 5.56 Å². The maximum Gasteiger partial charge on any atom is 0.236 e. The summed E-state index contributed by atoms with van der Waals surface area (Å²) in [5.41, 5.74) is 6.32. The fourth-order valence-corrected chi connectivity index (χ4v) is 1.90. The van der Waals surface area contributed by atoms with Crippen LogP contribution in [0.25, 0.3) is 0 Å². The highest BCUT2D eigenvalue weighted by molar-refractivity contribution is 6.30. The van der Waals surface area contributed by atoms with Crippen LogP contribution in [0, 0.1) is 0 Å². The van der Waals surface area contributed by atoms with E-state index in [1.54, 1.807) is 0 Å². The standard InChI is InChI=1S/C10H11ClN2O/c1-13-8(9(13)10(12)14)6-2-4-7(11)5-3-6/h2-5,8-9H,1H3,(H2,12,14)/t8-,9-,13?/m0/s1. The normalized spacial score (nSPS) is 30.0. The second-order valence-electron chi connectivity index (χ2n) is 3.51. The van der Waals surface area contributed by atoms with E-state index in [1.165, 1.54) is 0 Å². The number of likely N-dealkylation sites (N-methyl/N-ethyl adjacent to an activating group) is 1. The van der Waals surface area contributed by atoms with Gasteiger partial charge in [0.05, 0.1) is 6.04 Å². The van der Waals surface area contributed by atoms with Crippen molar-refractivity contribution in [2.45, 2.75) is 12.1 Å². The summed E-state index contributed by atoms with van der Waals surface area (Å²) in [5, 5.41) is 0.702. The van der Waals surface area contributed by atoms with Crippen molar-refractivity contribution in [2.24, 2.45) is 5.73 Å². The number of primary amides is 1. The predicted octanol–water partition coefficient (Wildman–Crippen LogP) is 1.18. The number of hydrogen-bond acceptors (Lipinski definition) is 2. The van der Waals surface area contributed by atoms with Gasteiger partial charge in [-0.05, 0) is 24.7 Å². The molecule has 0 radical (unpaired) electrons. The van der Waals surface area contributed by atoms with Crippen molar-refractivity contribution >= 4 is 17.5 Å². The van der Waals surface area contributed by atoms with Crippen molar-refractivity contribution < 1.29 is 4.79 Å². The SMILES string of the molecule is CN1[C@H](C(N)=O)[C@@H]1c1ccc(Cl)cc1. The molecule has 0 spiro atoms. The van der Waals surface area contributed by atoms with Crippen LogP contribution in [0.2, 0.25) is 5.02 Å². The summed E-state index contributed by atoms with van der Waals surface area (Å²) in [6.45, 7) is 0. The molecule has 3 nitrogen and oxygen atoms in total. The molecular formula is C10H11ClN2O. The lowest BCUT2D eigenvalue weighted by Crippen LogP contribution is -2.20. The van der Waals surface area contributed by atoms with Crippen molar-refractivity contribution in [2.75, 3.05) is 7.05 Å². The summed E-state index contributed by atoms with van der Waals surface area (Å²) in [7, 11) is 1.88. The number of halogens is 1. The van der Waals surface area contributed by atoms with Gasteiger partial charge >= 0.3 is 0 Å². The number of carbonyl (C=O) groups is 1. The summed E-state index contributed by atoms with van der Waals surface area (Å²) in [6.07, 6.45) is 0. The van der Waals surface area contributed by atoms with Gasteiger partial charge in [0.1, 0.15) is 6.04 Å². The Morgan fingerprint density at radius 1 is 1.43 bits per heavy atom. The fourth-order valence-electron chi connectivity index (χ4n) is 1.77. The highest BCUT2D eigenvalue weighted by atomic mass is 35.5. The van der Waals surface area contributed by atoms with E-state index in [9.17, 15) is 4.79 Å². The molecule has 2 N–H and O–H groups in total. The molecule has 1 fully saturated rings. The Balaban J connectivity index is 2.19. The molecule has 14 heavy (non-hydrogen) atoms. The Morgan fingerprint density at radius 3 is 2.43 bits per heavy atom. The minimum Gasteiger partial charge on any atom is -0.368 e. The predicted molar refractivity (Wildman–Crippen MR) is 54.9 cm³/mol. The number of benzene rings is 1. The van der Waals surface area contributed by atoms with E-state index in [2.05, 4.69) is 0 Å². The van der Waals surface area contributed by atoms with Crippen LogP contribution in [0.5, 0.6) is 0 Å². The molecule has 4 heteroatoms.